The monoisotopic (exact) mass is 399 g/mol. The van der Waals surface area contributed by atoms with Crippen LogP contribution >= 0.6 is 24.8 Å². The van der Waals surface area contributed by atoms with Crippen molar-refractivity contribution >= 4 is 42.4 Å². The predicted molar refractivity (Wildman–Crippen MR) is 104 cm³/mol. The van der Waals surface area contributed by atoms with Gasteiger partial charge in [-0.05, 0) is 24.8 Å². The van der Waals surface area contributed by atoms with Crippen LogP contribution in [-0.4, -0.2) is 28.1 Å². The molecule has 0 saturated heterocycles. The molecule has 0 radical (unpaired) electrons. The number of hydrogen-bond acceptors (Lipinski definition) is 4. The lowest BCUT2D eigenvalue weighted by atomic mass is 10.0. The number of hydrogen-bond donors (Lipinski definition) is 4. The molecule has 26 heavy (non-hydrogen) atoms. The molecule has 1 aliphatic carbocycles. The Morgan fingerprint density at radius 3 is 2.46 bits per heavy atom. The maximum absolute atomic E-state index is 12.6. The van der Waals surface area contributed by atoms with Crippen LogP contribution in [0.15, 0.2) is 42.6 Å². The summed E-state index contributed by atoms with van der Waals surface area (Å²) in [6.07, 6.45) is 3.81. The van der Waals surface area contributed by atoms with Crippen LogP contribution in [0, 0.1) is 5.92 Å². The Morgan fingerprint density at radius 2 is 1.88 bits per heavy atom. The van der Waals surface area contributed by atoms with Crippen LogP contribution in [-0.2, 0) is 9.59 Å². The number of halogens is 2. The van der Waals surface area contributed by atoms with Gasteiger partial charge in [0.25, 0.3) is 5.91 Å². The normalized spacial score (nSPS) is 19.6. The highest BCUT2D eigenvalue weighted by atomic mass is 35.5. The van der Waals surface area contributed by atoms with Gasteiger partial charge in [-0.15, -0.1) is 24.8 Å². The van der Waals surface area contributed by atoms with Gasteiger partial charge in [-0.1, -0.05) is 30.3 Å². The fourth-order valence-electron chi connectivity index (χ4n) is 2.99. The van der Waals surface area contributed by atoms with E-state index in [0.717, 1.165) is 18.4 Å². The first-order valence-electron chi connectivity index (χ1n) is 8.04. The number of benzene rings is 1. The van der Waals surface area contributed by atoms with E-state index >= 15 is 0 Å². The van der Waals surface area contributed by atoms with Crippen LogP contribution in [0.25, 0.3) is 0 Å². The average Bonchev–Trinajstić information content (AvgIpc) is 3.24. The number of nitrogens with zero attached hydrogens (tertiary/aromatic N) is 1. The zero-order chi connectivity index (χ0) is 16.9. The molecule has 9 heteroatoms. The number of aromatic amines is 1. The zero-order valence-corrected chi connectivity index (χ0v) is 15.7. The van der Waals surface area contributed by atoms with Gasteiger partial charge in [-0.25, -0.2) is 0 Å². The topological polar surface area (TPSA) is 113 Å². The van der Waals surface area contributed by atoms with E-state index in [9.17, 15) is 9.59 Å². The third-order valence-corrected chi connectivity index (χ3v) is 4.28. The van der Waals surface area contributed by atoms with Crippen molar-refractivity contribution in [3.63, 3.8) is 0 Å². The Kier molecular flexibility index (Phi) is 8.57. The number of anilines is 1. The number of carbonyl (C=O) groups is 2. The van der Waals surface area contributed by atoms with Crippen molar-refractivity contribution in [2.45, 2.75) is 31.3 Å². The maximum atomic E-state index is 12.6. The second-order valence-corrected chi connectivity index (χ2v) is 6.08. The van der Waals surface area contributed by atoms with Gasteiger partial charge in [-0.3, -0.25) is 14.7 Å². The van der Waals surface area contributed by atoms with Gasteiger partial charge in [0, 0.05) is 18.0 Å². The molecule has 1 aromatic carbocycles. The van der Waals surface area contributed by atoms with Gasteiger partial charge >= 0.3 is 0 Å². The number of amides is 2. The molecule has 1 heterocycles. The number of rotatable bonds is 5. The van der Waals surface area contributed by atoms with Crippen LogP contribution in [0.5, 0.6) is 0 Å². The van der Waals surface area contributed by atoms with Gasteiger partial charge in [-0.2, -0.15) is 5.10 Å². The number of nitrogens with two attached hydrogens (primary N) is 1. The van der Waals surface area contributed by atoms with Crippen molar-refractivity contribution in [1.29, 1.82) is 0 Å². The minimum absolute atomic E-state index is 0. The van der Waals surface area contributed by atoms with E-state index in [1.54, 1.807) is 12.3 Å². The van der Waals surface area contributed by atoms with Gasteiger partial charge in [0.05, 0.1) is 6.20 Å². The highest BCUT2D eigenvalue weighted by molar-refractivity contribution is 5.97. The van der Waals surface area contributed by atoms with Crippen LogP contribution in [0.4, 0.5) is 5.82 Å². The fraction of sp³-hybridized carbons (Fsp3) is 0.353. The van der Waals surface area contributed by atoms with Gasteiger partial charge in [0.2, 0.25) is 5.91 Å². The summed E-state index contributed by atoms with van der Waals surface area (Å²) >= 11 is 0. The number of H-pyrrole nitrogens is 1. The fourth-order valence-corrected chi connectivity index (χ4v) is 2.99. The summed E-state index contributed by atoms with van der Waals surface area (Å²) in [6, 6.07) is 10.1. The molecule has 1 fully saturated rings. The van der Waals surface area contributed by atoms with Crippen LogP contribution in [0.3, 0.4) is 0 Å². The van der Waals surface area contributed by atoms with E-state index in [1.165, 1.54) is 0 Å². The highest BCUT2D eigenvalue weighted by Crippen LogP contribution is 2.25. The number of carbonyl (C=O) groups excluding carboxylic acids is 2. The predicted octanol–water partition coefficient (Wildman–Crippen LogP) is 2.18. The standard InChI is InChI=1S/C17H21N5O2.2ClH/c18-13-7-6-12(10-13)16(23)21-15(11-4-2-1-3-5-11)17(24)20-14-8-9-19-22-14;;/h1-5,8-9,12-13,15H,6-7,10,18H2,(H,21,23)(H2,19,20,22,24);2*1H. The van der Waals surface area contributed by atoms with Crippen molar-refractivity contribution in [2.24, 2.45) is 11.7 Å². The summed E-state index contributed by atoms with van der Waals surface area (Å²) in [6.45, 7) is 0. The summed E-state index contributed by atoms with van der Waals surface area (Å²) in [7, 11) is 0. The molecule has 3 unspecified atom stereocenters. The lowest BCUT2D eigenvalue weighted by Crippen LogP contribution is -2.40. The summed E-state index contributed by atoms with van der Waals surface area (Å²) < 4.78 is 0. The molecule has 1 aromatic heterocycles. The Bertz CT molecular complexity index is 696. The molecule has 0 aliphatic heterocycles. The summed E-state index contributed by atoms with van der Waals surface area (Å²) in [5.74, 6) is -0.0955. The Morgan fingerprint density at radius 1 is 1.15 bits per heavy atom. The molecular formula is C17H23Cl2N5O2. The lowest BCUT2D eigenvalue weighted by molar-refractivity contribution is -0.129. The molecule has 142 valence electrons. The van der Waals surface area contributed by atoms with Crippen molar-refractivity contribution in [3.05, 3.63) is 48.2 Å². The molecule has 0 bridgehead atoms. The zero-order valence-electron chi connectivity index (χ0n) is 14.1. The molecule has 3 rings (SSSR count). The minimum atomic E-state index is -0.765. The van der Waals surface area contributed by atoms with Crippen molar-refractivity contribution in [3.8, 4) is 0 Å². The first-order chi connectivity index (χ1) is 11.6. The lowest BCUT2D eigenvalue weighted by Gasteiger charge is -2.20. The van der Waals surface area contributed by atoms with E-state index < -0.39 is 6.04 Å². The van der Waals surface area contributed by atoms with Gasteiger partial charge < -0.3 is 16.4 Å². The molecule has 7 nitrogen and oxygen atoms in total. The Hall–Kier alpha value is -2.09. The molecule has 2 aromatic rings. The third-order valence-electron chi connectivity index (χ3n) is 4.28. The first kappa shape index (κ1) is 22.0. The van der Waals surface area contributed by atoms with Crippen LogP contribution in [0.1, 0.15) is 30.9 Å². The van der Waals surface area contributed by atoms with E-state index in [-0.39, 0.29) is 48.6 Å². The molecule has 0 spiro atoms. The number of nitrogens with one attached hydrogen (secondary N) is 3. The third kappa shape index (κ3) is 5.45. The smallest absolute Gasteiger partial charge is 0.252 e. The Balaban J connectivity index is 0.00000169. The van der Waals surface area contributed by atoms with Gasteiger partial charge in [0.15, 0.2) is 0 Å². The summed E-state index contributed by atoms with van der Waals surface area (Å²) in [4.78, 5) is 25.1. The number of aromatic nitrogens is 2. The van der Waals surface area contributed by atoms with Crippen molar-refractivity contribution < 1.29 is 9.59 Å². The second-order valence-electron chi connectivity index (χ2n) is 6.08. The van der Waals surface area contributed by atoms with Crippen molar-refractivity contribution in [2.75, 3.05) is 5.32 Å². The van der Waals surface area contributed by atoms with E-state index in [2.05, 4.69) is 20.8 Å². The minimum Gasteiger partial charge on any atom is -0.340 e. The molecule has 3 atom stereocenters. The Labute approximate surface area is 164 Å². The molecule has 1 aliphatic rings. The molecule has 5 N–H and O–H groups in total. The summed E-state index contributed by atoms with van der Waals surface area (Å²) in [5.41, 5.74) is 6.61. The quantitative estimate of drug-likeness (QED) is 0.616. The van der Waals surface area contributed by atoms with E-state index in [0.29, 0.717) is 12.2 Å². The largest absolute Gasteiger partial charge is 0.340 e. The van der Waals surface area contributed by atoms with Crippen LogP contribution in [0.2, 0.25) is 0 Å². The maximum Gasteiger partial charge on any atom is 0.252 e. The molecular weight excluding hydrogens is 377 g/mol. The van der Waals surface area contributed by atoms with Gasteiger partial charge in [0.1, 0.15) is 11.9 Å². The SMILES string of the molecule is Cl.Cl.NC1CCC(C(=O)NC(C(=O)Nc2ccn[nH]2)c2ccccc2)C1. The first-order valence-corrected chi connectivity index (χ1v) is 8.04. The highest BCUT2D eigenvalue weighted by Gasteiger charge is 2.31. The van der Waals surface area contributed by atoms with E-state index in [1.807, 2.05) is 30.3 Å². The molecule has 2 amide bonds. The van der Waals surface area contributed by atoms with Crippen molar-refractivity contribution in [1.82, 2.24) is 15.5 Å². The van der Waals surface area contributed by atoms with Crippen LogP contribution < -0.4 is 16.4 Å². The second kappa shape index (κ2) is 10.2. The summed E-state index contributed by atoms with van der Waals surface area (Å²) in [5, 5.41) is 12.1. The average molecular weight is 400 g/mol. The molecule has 1 saturated carbocycles. The van der Waals surface area contributed by atoms with E-state index in [4.69, 9.17) is 5.73 Å².